The zero-order valence-electron chi connectivity index (χ0n) is 13.1. The lowest BCUT2D eigenvalue weighted by Crippen LogP contribution is -2.59. The number of benzene rings is 1. The van der Waals surface area contributed by atoms with Crippen LogP contribution >= 0.6 is 12.4 Å². The summed E-state index contributed by atoms with van der Waals surface area (Å²) in [6.45, 7) is 3.39. The normalized spacial score (nSPS) is 34.6. The van der Waals surface area contributed by atoms with Crippen LogP contribution in [0.25, 0.3) is 0 Å². The standard InChI is InChI=1S/C18H25NO.ClH/c1-12-9-13(20)10-16-14(12)11-17-15-5-3-4-6-18(15,16)7-8-19(17)2;/h9-10,15,17,20H,3-8,11H2,1-2H3;1H/t15-,17+,18+;/m0./s1. The average Bonchev–Trinajstić information content (AvgIpc) is 2.44. The Morgan fingerprint density at radius 1 is 1.24 bits per heavy atom. The summed E-state index contributed by atoms with van der Waals surface area (Å²) in [7, 11) is 2.31. The van der Waals surface area contributed by atoms with Crippen LogP contribution in [0.1, 0.15) is 48.8 Å². The zero-order chi connectivity index (χ0) is 13.9. The van der Waals surface area contributed by atoms with Gasteiger partial charge in [0.1, 0.15) is 5.75 Å². The van der Waals surface area contributed by atoms with Crippen molar-refractivity contribution in [2.24, 2.45) is 5.92 Å². The van der Waals surface area contributed by atoms with E-state index in [0.29, 0.717) is 11.2 Å². The maximum atomic E-state index is 10.1. The fraction of sp³-hybridized carbons (Fsp3) is 0.667. The molecule has 2 aliphatic carbocycles. The van der Waals surface area contributed by atoms with Crippen molar-refractivity contribution >= 4 is 12.4 Å². The molecule has 0 unspecified atom stereocenters. The summed E-state index contributed by atoms with van der Waals surface area (Å²) < 4.78 is 0. The molecule has 2 bridgehead atoms. The first-order chi connectivity index (χ1) is 9.62. The molecule has 1 aromatic rings. The lowest BCUT2D eigenvalue weighted by Gasteiger charge is -2.58. The molecule has 2 fully saturated rings. The molecule has 3 atom stereocenters. The number of hydrogen-bond donors (Lipinski definition) is 1. The molecular weight excluding hydrogens is 282 g/mol. The SMILES string of the molecule is Cc1cc(O)cc2c1C[C@@H]1[C@@H]3CCCC[C@]23CCN1C.Cl. The molecule has 1 aliphatic heterocycles. The van der Waals surface area contributed by atoms with Crippen molar-refractivity contribution < 1.29 is 5.11 Å². The van der Waals surface area contributed by atoms with Gasteiger partial charge >= 0.3 is 0 Å². The molecule has 0 radical (unpaired) electrons. The van der Waals surface area contributed by atoms with Crippen molar-refractivity contribution in [3.05, 3.63) is 28.8 Å². The summed E-state index contributed by atoms with van der Waals surface area (Å²) in [6, 6.07) is 4.77. The number of halogens is 1. The van der Waals surface area contributed by atoms with E-state index >= 15 is 0 Å². The summed E-state index contributed by atoms with van der Waals surface area (Å²) >= 11 is 0. The fourth-order valence-electron chi connectivity index (χ4n) is 5.48. The molecular formula is C18H26ClNO. The predicted molar refractivity (Wildman–Crippen MR) is 88.5 cm³/mol. The summed E-state index contributed by atoms with van der Waals surface area (Å²) in [5.74, 6) is 1.28. The second-order valence-electron chi connectivity index (χ2n) is 7.30. The minimum Gasteiger partial charge on any atom is -0.508 e. The quantitative estimate of drug-likeness (QED) is 0.788. The highest BCUT2D eigenvalue weighted by atomic mass is 35.5. The van der Waals surface area contributed by atoms with E-state index in [9.17, 15) is 5.11 Å². The largest absolute Gasteiger partial charge is 0.508 e. The molecule has 1 saturated carbocycles. The highest BCUT2D eigenvalue weighted by Gasteiger charge is 2.53. The molecule has 2 nitrogen and oxygen atoms in total. The Morgan fingerprint density at radius 3 is 2.86 bits per heavy atom. The van der Waals surface area contributed by atoms with Crippen LogP contribution in [0.2, 0.25) is 0 Å². The molecule has 3 heteroatoms. The number of nitrogens with zero attached hydrogens (tertiary/aromatic N) is 1. The topological polar surface area (TPSA) is 23.5 Å². The van der Waals surface area contributed by atoms with Crippen LogP contribution < -0.4 is 0 Å². The van der Waals surface area contributed by atoms with Crippen LogP contribution in [-0.2, 0) is 11.8 Å². The third-order valence-corrected chi connectivity index (χ3v) is 6.45. The highest BCUT2D eigenvalue weighted by Crippen LogP contribution is 2.56. The van der Waals surface area contributed by atoms with Gasteiger partial charge in [-0.3, -0.25) is 0 Å². The van der Waals surface area contributed by atoms with Crippen LogP contribution in [0.15, 0.2) is 12.1 Å². The van der Waals surface area contributed by atoms with E-state index in [1.54, 1.807) is 0 Å². The fourth-order valence-corrected chi connectivity index (χ4v) is 5.48. The molecule has 0 aromatic heterocycles. The van der Waals surface area contributed by atoms with Gasteiger partial charge in [-0.25, -0.2) is 0 Å². The Morgan fingerprint density at radius 2 is 2.05 bits per heavy atom. The molecule has 0 spiro atoms. The van der Waals surface area contributed by atoms with Gasteiger partial charge in [0.05, 0.1) is 0 Å². The second-order valence-corrected chi connectivity index (χ2v) is 7.30. The smallest absolute Gasteiger partial charge is 0.116 e. The van der Waals surface area contributed by atoms with Gasteiger partial charge in [0, 0.05) is 11.5 Å². The van der Waals surface area contributed by atoms with Crippen LogP contribution in [0, 0.1) is 12.8 Å². The molecule has 3 aliphatic rings. The maximum Gasteiger partial charge on any atom is 0.116 e. The number of fused-ring (bicyclic) bond motifs is 1. The van der Waals surface area contributed by atoms with Crippen molar-refractivity contribution in [1.29, 1.82) is 0 Å². The molecule has 4 rings (SSSR count). The Balaban J connectivity index is 0.00000132. The van der Waals surface area contributed by atoms with Crippen LogP contribution in [0.4, 0.5) is 0 Å². The van der Waals surface area contributed by atoms with E-state index in [1.165, 1.54) is 61.8 Å². The van der Waals surface area contributed by atoms with E-state index in [4.69, 9.17) is 0 Å². The number of phenols is 1. The van der Waals surface area contributed by atoms with Crippen molar-refractivity contribution in [2.45, 2.75) is 56.9 Å². The molecule has 1 N–H and O–H groups in total. The van der Waals surface area contributed by atoms with Crippen LogP contribution in [0.5, 0.6) is 5.75 Å². The molecule has 1 saturated heterocycles. The van der Waals surface area contributed by atoms with Crippen LogP contribution in [0.3, 0.4) is 0 Å². The van der Waals surface area contributed by atoms with Gasteiger partial charge in [-0.15, -0.1) is 12.4 Å². The number of piperidine rings is 1. The first kappa shape index (κ1) is 15.2. The molecule has 0 amide bonds. The first-order valence-electron chi connectivity index (χ1n) is 8.15. The lowest BCUT2D eigenvalue weighted by molar-refractivity contribution is 0.00257. The Hall–Kier alpha value is -0.730. The number of rotatable bonds is 0. The van der Waals surface area contributed by atoms with Crippen molar-refractivity contribution in [3.63, 3.8) is 0 Å². The third kappa shape index (κ3) is 2.03. The number of hydrogen-bond acceptors (Lipinski definition) is 2. The van der Waals surface area contributed by atoms with Gasteiger partial charge in [0.15, 0.2) is 0 Å². The lowest BCUT2D eigenvalue weighted by atomic mass is 9.52. The van der Waals surface area contributed by atoms with Gasteiger partial charge in [-0.2, -0.15) is 0 Å². The number of likely N-dealkylation sites (N-methyl/N-ethyl adjacent to an activating group) is 1. The van der Waals surface area contributed by atoms with Gasteiger partial charge in [-0.1, -0.05) is 12.8 Å². The molecule has 1 heterocycles. The van der Waals surface area contributed by atoms with E-state index in [2.05, 4.69) is 24.9 Å². The van der Waals surface area contributed by atoms with E-state index in [-0.39, 0.29) is 12.4 Å². The maximum absolute atomic E-state index is 10.1. The average molecular weight is 308 g/mol. The Kier molecular flexibility index (Phi) is 3.74. The molecule has 116 valence electrons. The second kappa shape index (κ2) is 5.17. The van der Waals surface area contributed by atoms with Gasteiger partial charge < -0.3 is 10.0 Å². The van der Waals surface area contributed by atoms with E-state index in [0.717, 1.165) is 12.0 Å². The number of phenolic OH excluding ortho intramolecular Hbond substituents is 1. The van der Waals surface area contributed by atoms with Crippen molar-refractivity contribution in [1.82, 2.24) is 4.90 Å². The minimum absolute atomic E-state index is 0. The minimum atomic E-state index is 0. The summed E-state index contributed by atoms with van der Waals surface area (Å²) in [5.41, 5.74) is 4.71. The number of aromatic hydroxyl groups is 1. The summed E-state index contributed by atoms with van der Waals surface area (Å²) in [4.78, 5) is 2.60. The summed E-state index contributed by atoms with van der Waals surface area (Å²) in [6.07, 6.45) is 7.93. The van der Waals surface area contributed by atoms with Gasteiger partial charge in [0.2, 0.25) is 0 Å². The van der Waals surface area contributed by atoms with Gasteiger partial charge in [0.25, 0.3) is 0 Å². The monoisotopic (exact) mass is 307 g/mol. The molecule has 21 heavy (non-hydrogen) atoms. The predicted octanol–water partition coefficient (Wildman–Crippen LogP) is 3.81. The third-order valence-electron chi connectivity index (χ3n) is 6.45. The van der Waals surface area contributed by atoms with Gasteiger partial charge in [-0.05, 0) is 80.9 Å². The summed E-state index contributed by atoms with van der Waals surface area (Å²) in [5, 5.41) is 10.1. The molecule has 1 aromatic carbocycles. The zero-order valence-corrected chi connectivity index (χ0v) is 13.9. The van der Waals surface area contributed by atoms with Crippen molar-refractivity contribution in [2.75, 3.05) is 13.6 Å². The van der Waals surface area contributed by atoms with Crippen LogP contribution in [-0.4, -0.2) is 29.6 Å². The Bertz CT molecular complexity index is 558. The highest BCUT2D eigenvalue weighted by molar-refractivity contribution is 5.85. The number of likely N-dealkylation sites (tertiary alicyclic amines) is 1. The van der Waals surface area contributed by atoms with E-state index in [1.807, 2.05) is 6.07 Å². The van der Waals surface area contributed by atoms with Crippen molar-refractivity contribution in [3.8, 4) is 5.75 Å². The van der Waals surface area contributed by atoms with E-state index < -0.39 is 0 Å². The first-order valence-corrected chi connectivity index (χ1v) is 8.15. The Labute approximate surface area is 134 Å². The number of aryl methyl sites for hydroxylation is 1.